The molecule has 0 aliphatic heterocycles. The quantitative estimate of drug-likeness (QED) is 0.843. The Hall–Kier alpha value is -1.73. The van der Waals surface area contributed by atoms with Crippen LogP contribution in [-0.4, -0.2) is 17.0 Å². The van der Waals surface area contributed by atoms with Crippen LogP contribution in [-0.2, 0) is 4.79 Å². The van der Waals surface area contributed by atoms with E-state index in [0.717, 1.165) is 10.9 Å². The van der Waals surface area contributed by atoms with Gasteiger partial charge in [-0.1, -0.05) is 6.07 Å². The summed E-state index contributed by atoms with van der Waals surface area (Å²) in [5.41, 5.74) is 0.127. The Labute approximate surface area is 132 Å². The molecule has 1 aromatic heterocycles. The lowest BCUT2D eigenvalue weighted by molar-refractivity contribution is -0.137. The van der Waals surface area contributed by atoms with Gasteiger partial charge in [-0.15, -0.1) is 11.3 Å². The summed E-state index contributed by atoms with van der Waals surface area (Å²) in [7, 11) is 0. The van der Waals surface area contributed by atoms with Crippen molar-refractivity contribution in [2.24, 2.45) is 0 Å². The van der Waals surface area contributed by atoms with E-state index in [1.807, 2.05) is 0 Å². The van der Waals surface area contributed by atoms with Gasteiger partial charge in [-0.2, -0.15) is 0 Å². The number of amides is 1. The zero-order valence-electron chi connectivity index (χ0n) is 10.7. The van der Waals surface area contributed by atoms with Crippen molar-refractivity contribution in [2.45, 2.75) is 12.5 Å². The zero-order valence-corrected chi connectivity index (χ0v) is 13.1. The number of carboxylic acids is 1. The van der Waals surface area contributed by atoms with Gasteiger partial charge in [0.05, 0.1) is 18.0 Å². The lowest BCUT2D eigenvalue weighted by Gasteiger charge is -2.16. The smallest absolute Gasteiger partial charge is 0.305 e. The molecule has 0 aliphatic carbocycles. The van der Waals surface area contributed by atoms with Gasteiger partial charge >= 0.3 is 5.97 Å². The van der Waals surface area contributed by atoms with E-state index in [2.05, 4.69) is 21.2 Å². The third-order valence-corrected chi connectivity index (χ3v) is 4.42. The van der Waals surface area contributed by atoms with Crippen LogP contribution < -0.4 is 5.32 Å². The van der Waals surface area contributed by atoms with E-state index < -0.39 is 23.7 Å². The highest BCUT2D eigenvalue weighted by Gasteiger charge is 2.21. The molecule has 1 amide bonds. The van der Waals surface area contributed by atoms with Crippen LogP contribution in [0.3, 0.4) is 0 Å². The molecule has 4 nitrogen and oxygen atoms in total. The van der Waals surface area contributed by atoms with Crippen LogP contribution in [0.2, 0.25) is 0 Å². The average molecular weight is 372 g/mol. The molecule has 0 bridgehead atoms. The largest absolute Gasteiger partial charge is 0.481 e. The normalized spacial score (nSPS) is 11.9. The van der Waals surface area contributed by atoms with Crippen molar-refractivity contribution in [3.63, 3.8) is 0 Å². The topological polar surface area (TPSA) is 66.4 Å². The molecule has 1 atom stereocenters. The summed E-state index contributed by atoms with van der Waals surface area (Å²) in [5.74, 6) is -2.08. The number of benzene rings is 1. The maximum absolute atomic E-state index is 13.2. The van der Waals surface area contributed by atoms with Crippen molar-refractivity contribution in [3.8, 4) is 0 Å². The Morgan fingerprint density at radius 3 is 2.76 bits per heavy atom. The van der Waals surface area contributed by atoms with Crippen LogP contribution in [0.25, 0.3) is 0 Å². The monoisotopic (exact) mass is 371 g/mol. The average Bonchev–Trinajstić information content (AvgIpc) is 2.94. The van der Waals surface area contributed by atoms with Gasteiger partial charge in [0.15, 0.2) is 0 Å². The molecule has 0 spiro atoms. The van der Waals surface area contributed by atoms with Gasteiger partial charge in [0.25, 0.3) is 5.91 Å². The van der Waals surface area contributed by atoms with Crippen LogP contribution in [0.15, 0.2) is 40.2 Å². The number of thiophene rings is 1. The maximum atomic E-state index is 13.2. The molecule has 1 aromatic carbocycles. The number of aliphatic carboxylic acids is 1. The van der Waals surface area contributed by atoms with Crippen LogP contribution in [0.5, 0.6) is 0 Å². The summed E-state index contributed by atoms with van der Waals surface area (Å²) >= 11 is 4.53. The van der Waals surface area contributed by atoms with Crippen molar-refractivity contribution >= 4 is 39.1 Å². The maximum Gasteiger partial charge on any atom is 0.305 e. The predicted molar refractivity (Wildman–Crippen MR) is 80.9 cm³/mol. The molecule has 2 aromatic rings. The van der Waals surface area contributed by atoms with E-state index >= 15 is 0 Å². The summed E-state index contributed by atoms with van der Waals surface area (Å²) in [6.45, 7) is 0. The SMILES string of the molecule is O=C(O)CC(NC(=O)c1cc(F)ccc1Br)c1cccs1. The molecule has 0 saturated carbocycles. The molecule has 0 saturated heterocycles. The van der Waals surface area contributed by atoms with Crippen molar-refractivity contribution in [1.82, 2.24) is 5.32 Å². The van der Waals surface area contributed by atoms with Crippen LogP contribution in [0.4, 0.5) is 4.39 Å². The van der Waals surface area contributed by atoms with Gasteiger partial charge in [-0.05, 0) is 45.6 Å². The highest BCUT2D eigenvalue weighted by molar-refractivity contribution is 9.10. The molecule has 21 heavy (non-hydrogen) atoms. The number of nitrogens with one attached hydrogen (secondary N) is 1. The Kier molecular flexibility index (Phi) is 5.08. The van der Waals surface area contributed by atoms with Crippen molar-refractivity contribution in [2.75, 3.05) is 0 Å². The molecule has 110 valence electrons. The van der Waals surface area contributed by atoms with E-state index in [-0.39, 0.29) is 12.0 Å². The summed E-state index contributed by atoms with van der Waals surface area (Å²) in [5, 5.41) is 13.4. The third kappa shape index (κ3) is 4.12. The van der Waals surface area contributed by atoms with Gasteiger partial charge in [-0.25, -0.2) is 4.39 Å². The first-order valence-corrected chi connectivity index (χ1v) is 7.65. The van der Waals surface area contributed by atoms with Gasteiger partial charge in [-0.3, -0.25) is 9.59 Å². The first-order chi connectivity index (χ1) is 9.97. The fraction of sp³-hybridized carbons (Fsp3) is 0.143. The number of carboxylic acid groups (broad SMARTS) is 1. The second kappa shape index (κ2) is 6.82. The molecule has 0 aliphatic rings. The Morgan fingerprint density at radius 1 is 1.38 bits per heavy atom. The number of hydrogen-bond donors (Lipinski definition) is 2. The lowest BCUT2D eigenvalue weighted by atomic mass is 10.1. The summed E-state index contributed by atoms with van der Waals surface area (Å²) in [6, 6.07) is 6.64. The molecule has 1 unspecified atom stereocenters. The van der Waals surface area contributed by atoms with Crippen LogP contribution in [0.1, 0.15) is 27.7 Å². The van der Waals surface area contributed by atoms with E-state index in [1.54, 1.807) is 17.5 Å². The Bertz CT molecular complexity index is 660. The fourth-order valence-electron chi connectivity index (χ4n) is 1.79. The molecule has 1 heterocycles. The number of carbonyl (C=O) groups is 2. The number of halogens is 2. The van der Waals surface area contributed by atoms with Crippen molar-refractivity contribution < 1.29 is 19.1 Å². The van der Waals surface area contributed by atoms with E-state index in [4.69, 9.17) is 5.11 Å². The standard InChI is InChI=1S/C14H11BrFNO3S/c15-10-4-3-8(16)6-9(10)14(20)17-11(7-13(18)19)12-2-1-5-21-12/h1-6,11H,7H2,(H,17,20)(H,18,19). The first-order valence-electron chi connectivity index (χ1n) is 5.98. The first kappa shape index (κ1) is 15.7. The van der Waals surface area contributed by atoms with Crippen LogP contribution in [0, 0.1) is 5.82 Å². The molecular formula is C14H11BrFNO3S. The second-order valence-electron chi connectivity index (χ2n) is 4.26. The molecule has 2 rings (SSSR count). The van der Waals surface area contributed by atoms with Gasteiger partial charge in [0.2, 0.25) is 0 Å². The molecule has 0 radical (unpaired) electrons. The lowest BCUT2D eigenvalue weighted by Crippen LogP contribution is -2.30. The number of rotatable bonds is 5. The summed E-state index contributed by atoms with van der Waals surface area (Å²) in [4.78, 5) is 23.9. The second-order valence-corrected chi connectivity index (χ2v) is 6.10. The fourth-order valence-corrected chi connectivity index (χ4v) is 3.00. The van der Waals surface area contributed by atoms with E-state index in [1.165, 1.54) is 23.5 Å². The zero-order chi connectivity index (χ0) is 15.4. The highest BCUT2D eigenvalue weighted by Crippen LogP contribution is 2.24. The van der Waals surface area contributed by atoms with Crippen molar-refractivity contribution in [3.05, 3.63) is 56.4 Å². The molecule has 7 heteroatoms. The minimum absolute atomic E-state index is 0.127. The number of hydrogen-bond acceptors (Lipinski definition) is 3. The Morgan fingerprint density at radius 2 is 2.14 bits per heavy atom. The van der Waals surface area contributed by atoms with Gasteiger partial charge in [0, 0.05) is 9.35 Å². The van der Waals surface area contributed by atoms with Gasteiger partial charge in [0.1, 0.15) is 5.82 Å². The summed E-state index contributed by atoms with van der Waals surface area (Å²) in [6.07, 6.45) is -0.237. The highest BCUT2D eigenvalue weighted by atomic mass is 79.9. The molecule has 0 fully saturated rings. The third-order valence-electron chi connectivity index (χ3n) is 2.74. The number of carbonyl (C=O) groups excluding carboxylic acids is 1. The predicted octanol–water partition coefficient (Wildman–Crippen LogP) is 3.60. The minimum Gasteiger partial charge on any atom is -0.481 e. The summed E-state index contributed by atoms with van der Waals surface area (Å²) < 4.78 is 13.7. The van der Waals surface area contributed by atoms with Gasteiger partial charge < -0.3 is 10.4 Å². The van der Waals surface area contributed by atoms with E-state index in [0.29, 0.717) is 4.47 Å². The molecular weight excluding hydrogens is 361 g/mol. The van der Waals surface area contributed by atoms with Crippen molar-refractivity contribution in [1.29, 1.82) is 0 Å². The Balaban J connectivity index is 2.22. The van der Waals surface area contributed by atoms with Crippen LogP contribution >= 0.6 is 27.3 Å². The van der Waals surface area contributed by atoms with E-state index in [9.17, 15) is 14.0 Å². The molecule has 2 N–H and O–H groups in total. The minimum atomic E-state index is -1.02.